The molecule has 0 spiro atoms. The third kappa shape index (κ3) is 1.14. The molecule has 1 amide bonds. The Labute approximate surface area is 117 Å². The fourth-order valence-electron chi connectivity index (χ4n) is 4.63. The molecular formula is C17H15NO2. The topological polar surface area (TPSA) is 33.5 Å². The summed E-state index contributed by atoms with van der Waals surface area (Å²) in [5, 5.41) is 0. The van der Waals surface area contributed by atoms with E-state index < -0.39 is 0 Å². The highest BCUT2D eigenvalue weighted by Gasteiger charge is 2.60. The van der Waals surface area contributed by atoms with Crippen LogP contribution in [-0.4, -0.2) is 16.8 Å². The summed E-state index contributed by atoms with van der Waals surface area (Å²) in [5.74, 6) is 2.05. The van der Waals surface area contributed by atoms with Crippen LogP contribution in [0.2, 0.25) is 0 Å². The molecule has 3 heteroatoms. The van der Waals surface area contributed by atoms with E-state index in [0.717, 1.165) is 18.7 Å². The summed E-state index contributed by atoms with van der Waals surface area (Å²) >= 11 is 0. The summed E-state index contributed by atoms with van der Waals surface area (Å²) in [6.45, 7) is 0.789. The molecule has 1 saturated heterocycles. The molecule has 1 aromatic carbocycles. The molecule has 3 aliphatic rings. The Morgan fingerprint density at radius 3 is 2.85 bits per heavy atom. The zero-order chi connectivity index (χ0) is 13.3. The van der Waals surface area contributed by atoms with Crippen molar-refractivity contribution in [1.82, 2.24) is 4.90 Å². The lowest BCUT2D eigenvalue weighted by Gasteiger charge is -2.42. The molecule has 5 rings (SSSR count). The molecule has 4 atom stereocenters. The van der Waals surface area contributed by atoms with Crippen molar-refractivity contribution in [2.45, 2.75) is 30.8 Å². The lowest BCUT2D eigenvalue weighted by molar-refractivity contribution is -0.137. The van der Waals surface area contributed by atoms with Crippen LogP contribution in [0.25, 0.3) is 0 Å². The van der Waals surface area contributed by atoms with E-state index in [1.807, 2.05) is 12.1 Å². The molecule has 1 aromatic heterocycles. The van der Waals surface area contributed by atoms with Crippen molar-refractivity contribution in [3.8, 4) is 0 Å². The number of carbonyl (C=O) groups excluding carboxylic acids is 1. The zero-order valence-corrected chi connectivity index (χ0v) is 11.0. The van der Waals surface area contributed by atoms with Crippen LogP contribution in [0, 0.1) is 5.92 Å². The maximum atomic E-state index is 12.6. The van der Waals surface area contributed by atoms with Crippen molar-refractivity contribution in [2.24, 2.45) is 5.92 Å². The molecule has 4 unspecified atom stereocenters. The van der Waals surface area contributed by atoms with Gasteiger partial charge in [-0.05, 0) is 29.7 Å². The number of fused-ring (bicyclic) bond motifs is 3. The Kier molecular flexibility index (Phi) is 1.90. The first-order valence-corrected chi connectivity index (χ1v) is 7.26. The van der Waals surface area contributed by atoms with Crippen molar-refractivity contribution in [3.05, 3.63) is 59.5 Å². The number of benzene rings is 1. The van der Waals surface area contributed by atoms with Crippen LogP contribution in [0.3, 0.4) is 0 Å². The van der Waals surface area contributed by atoms with Crippen LogP contribution in [0.4, 0.5) is 0 Å². The molecule has 3 nitrogen and oxygen atoms in total. The maximum absolute atomic E-state index is 12.6. The van der Waals surface area contributed by atoms with E-state index in [4.69, 9.17) is 4.42 Å². The second-order valence-electron chi connectivity index (χ2n) is 6.14. The Bertz CT molecular complexity index is 691. The van der Waals surface area contributed by atoms with Gasteiger partial charge in [-0.15, -0.1) is 0 Å². The van der Waals surface area contributed by atoms with Crippen molar-refractivity contribution < 1.29 is 9.21 Å². The van der Waals surface area contributed by atoms with Gasteiger partial charge in [0.2, 0.25) is 5.91 Å². The first kappa shape index (κ1) is 10.7. The molecule has 2 bridgehead atoms. The Morgan fingerprint density at radius 2 is 2.00 bits per heavy atom. The number of hydrogen-bond donors (Lipinski definition) is 0. The van der Waals surface area contributed by atoms with E-state index in [9.17, 15) is 4.79 Å². The summed E-state index contributed by atoms with van der Waals surface area (Å²) in [6.07, 6.45) is 2.71. The molecule has 1 aliphatic carbocycles. The van der Waals surface area contributed by atoms with Crippen molar-refractivity contribution in [2.75, 3.05) is 0 Å². The van der Waals surface area contributed by atoms with Gasteiger partial charge in [0.25, 0.3) is 0 Å². The summed E-state index contributed by atoms with van der Waals surface area (Å²) in [4.78, 5) is 14.7. The summed E-state index contributed by atoms with van der Waals surface area (Å²) in [5.41, 5.74) is 2.73. The Hall–Kier alpha value is -2.03. The van der Waals surface area contributed by atoms with Gasteiger partial charge < -0.3 is 9.32 Å². The van der Waals surface area contributed by atoms with Crippen LogP contribution in [0.1, 0.15) is 35.1 Å². The number of carbonyl (C=O) groups is 1. The SMILES string of the molecule is O=C1C2CC3C(c4ccccc4CN13)C2c1ccco1. The smallest absolute Gasteiger partial charge is 0.227 e. The summed E-state index contributed by atoms with van der Waals surface area (Å²) < 4.78 is 5.65. The summed E-state index contributed by atoms with van der Waals surface area (Å²) in [7, 11) is 0. The fourth-order valence-corrected chi connectivity index (χ4v) is 4.63. The predicted molar refractivity (Wildman–Crippen MR) is 73.1 cm³/mol. The van der Waals surface area contributed by atoms with Gasteiger partial charge in [-0.3, -0.25) is 4.79 Å². The third-order valence-electron chi connectivity index (χ3n) is 5.36. The molecule has 2 fully saturated rings. The standard InChI is InChI=1S/C17H15NO2/c19-17-12-8-13-15(16(12)14-6-3-7-20-14)11-5-2-1-4-10(11)9-18(13)17/h1-7,12-13,15-16H,8-9H2. The number of rotatable bonds is 1. The first-order valence-electron chi connectivity index (χ1n) is 7.26. The molecule has 3 heterocycles. The highest BCUT2D eigenvalue weighted by atomic mass is 16.3. The maximum Gasteiger partial charge on any atom is 0.227 e. The quantitative estimate of drug-likeness (QED) is 0.794. The fraction of sp³-hybridized carbons (Fsp3) is 0.353. The highest BCUT2D eigenvalue weighted by Crippen LogP contribution is 2.59. The van der Waals surface area contributed by atoms with Crippen LogP contribution in [0.15, 0.2) is 47.1 Å². The molecular weight excluding hydrogens is 250 g/mol. The molecule has 1 saturated carbocycles. The minimum atomic E-state index is 0.115. The minimum Gasteiger partial charge on any atom is -0.469 e. The summed E-state index contributed by atoms with van der Waals surface area (Å²) in [6, 6.07) is 12.9. The second-order valence-corrected chi connectivity index (χ2v) is 6.14. The second kappa shape index (κ2) is 3.54. The van der Waals surface area contributed by atoms with Crippen LogP contribution < -0.4 is 0 Å². The van der Waals surface area contributed by atoms with Gasteiger partial charge in [0.15, 0.2) is 0 Å². The van der Waals surface area contributed by atoms with Gasteiger partial charge in [-0.25, -0.2) is 0 Å². The first-order chi connectivity index (χ1) is 9.84. The average Bonchev–Trinajstić information content (AvgIpc) is 3.17. The lowest BCUT2D eigenvalue weighted by atomic mass is 9.75. The van der Waals surface area contributed by atoms with Crippen molar-refractivity contribution in [1.29, 1.82) is 0 Å². The third-order valence-corrected chi connectivity index (χ3v) is 5.36. The van der Waals surface area contributed by atoms with E-state index in [-0.39, 0.29) is 11.8 Å². The molecule has 20 heavy (non-hydrogen) atoms. The van der Waals surface area contributed by atoms with E-state index in [1.165, 1.54) is 11.1 Å². The molecule has 100 valence electrons. The van der Waals surface area contributed by atoms with Crippen molar-refractivity contribution >= 4 is 5.91 Å². The predicted octanol–water partition coefficient (Wildman–Crippen LogP) is 2.89. The number of nitrogens with zero attached hydrogens (tertiary/aromatic N) is 1. The van der Waals surface area contributed by atoms with Crippen LogP contribution in [0.5, 0.6) is 0 Å². The Morgan fingerprint density at radius 1 is 1.10 bits per heavy atom. The molecule has 0 radical (unpaired) electrons. The van der Waals surface area contributed by atoms with Crippen molar-refractivity contribution in [3.63, 3.8) is 0 Å². The minimum absolute atomic E-state index is 0.115. The van der Waals surface area contributed by atoms with Crippen LogP contribution >= 0.6 is 0 Å². The van der Waals surface area contributed by atoms with Crippen LogP contribution in [-0.2, 0) is 11.3 Å². The average molecular weight is 265 g/mol. The van der Waals surface area contributed by atoms with E-state index in [0.29, 0.717) is 17.9 Å². The Balaban J connectivity index is 1.72. The highest BCUT2D eigenvalue weighted by molar-refractivity contribution is 5.85. The van der Waals surface area contributed by atoms with Gasteiger partial charge >= 0.3 is 0 Å². The normalized spacial score (nSPS) is 33.6. The van der Waals surface area contributed by atoms with E-state index in [1.54, 1.807) is 6.26 Å². The van der Waals surface area contributed by atoms with Gasteiger partial charge in [-0.2, -0.15) is 0 Å². The number of amides is 1. The monoisotopic (exact) mass is 265 g/mol. The van der Waals surface area contributed by atoms with Gasteiger partial charge in [-0.1, -0.05) is 24.3 Å². The number of hydrogen-bond acceptors (Lipinski definition) is 2. The van der Waals surface area contributed by atoms with Gasteiger partial charge in [0.1, 0.15) is 5.76 Å². The molecule has 2 aliphatic heterocycles. The van der Waals surface area contributed by atoms with E-state index in [2.05, 4.69) is 29.2 Å². The zero-order valence-electron chi connectivity index (χ0n) is 11.0. The lowest BCUT2D eigenvalue weighted by Crippen LogP contribution is -2.47. The van der Waals surface area contributed by atoms with E-state index >= 15 is 0 Å². The number of furan rings is 1. The van der Waals surface area contributed by atoms with Gasteiger partial charge in [0, 0.05) is 24.4 Å². The largest absolute Gasteiger partial charge is 0.469 e. The number of piperidine rings is 1. The molecule has 2 aromatic rings. The molecule has 0 N–H and O–H groups in total. The van der Waals surface area contributed by atoms with Gasteiger partial charge in [0.05, 0.1) is 12.2 Å².